The molecule has 3 aromatic rings. The van der Waals surface area contributed by atoms with E-state index in [4.69, 9.17) is 9.05 Å². The van der Waals surface area contributed by atoms with Gasteiger partial charge in [0.1, 0.15) is 5.69 Å². The summed E-state index contributed by atoms with van der Waals surface area (Å²) in [6, 6.07) is 5.78. The summed E-state index contributed by atoms with van der Waals surface area (Å²) in [6.07, 6.45) is 3.65. The lowest BCUT2D eigenvalue weighted by atomic mass is 9.96. The second-order valence-electron chi connectivity index (χ2n) is 6.34. The molecule has 0 N–H and O–H groups in total. The average molecular weight is 340 g/mol. The largest absolute Gasteiger partial charge is 0.339 e. The summed E-state index contributed by atoms with van der Waals surface area (Å²) >= 11 is 0. The summed E-state index contributed by atoms with van der Waals surface area (Å²) in [5, 5.41) is 7.95. The van der Waals surface area contributed by atoms with E-state index in [1.165, 1.54) is 0 Å². The number of pyridine rings is 1. The van der Waals surface area contributed by atoms with Gasteiger partial charge in [0.05, 0.1) is 6.04 Å². The van der Waals surface area contributed by atoms with E-state index in [0.717, 1.165) is 31.6 Å². The predicted molar refractivity (Wildman–Crippen MR) is 88.5 cm³/mol. The lowest BCUT2D eigenvalue weighted by Gasteiger charge is -2.33. The highest BCUT2D eigenvalue weighted by atomic mass is 16.5. The Bertz CT molecular complexity index is 823. The fraction of sp³-hybridized carbons (Fsp3) is 0.471. The maximum atomic E-state index is 5.48. The van der Waals surface area contributed by atoms with Gasteiger partial charge in [0.25, 0.3) is 0 Å². The van der Waals surface area contributed by atoms with Crippen LogP contribution in [0, 0.1) is 6.92 Å². The molecular formula is C17H20N6O2. The molecule has 1 saturated heterocycles. The number of nitrogens with zero attached hydrogens (tertiary/aromatic N) is 6. The minimum atomic E-state index is 0.119. The average Bonchev–Trinajstić information content (AvgIpc) is 3.31. The van der Waals surface area contributed by atoms with Gasteiger partial charge in [-0.3, -0.25) is 9.88 Å². The smallest absolute Gasteiger partial charge is 0.243 e. The molecule has 0 amide bonds. The second-order valence-corrected chi connectivity index (χ2v) is 6.34. The van der Waals surface area contributed by atoms with Gasteiger partial charge in [-0.25, -0.2) is 0 Å². The van der Waals surface area contributed by atoms with Gasteiger partial charge in [0.2, 0.25) is 17.6 Å². The highest BCUT2D eigenvalue weighted by molar-refractivity contribution is 5.47. The molecule has 0 spiro atoms. The van der Waals surface area contributed by atoms with Crippen LogP contribution in [0.3, 0.4) is 0 Å². The monoisotopic (exact) mass is 340 g/mol. The summed E-state index contributed by atoms with van der Waals surface area (Å²) in [5.41, 5.74) is 0.732. The van der Waals surface area contributed by atoms with Crippen molar-refractivity contribution < 1.29 is 9.05 Å². The molecule has 0 aromatic carbocycles. The Labute approximate surface area is 145 Å². The number of likely N-dealkylation sites (tertiary alicyclic amines) is 1. The Morgan fingerprint density at radius 2 is 1.96 bits per heavy atom. The first-order valence-electron chi connectivity index (χ1n) is 8.50. The van der Waals surface area contributed by atoms with Gasteiger partial charge in [-0.1, -0.05) is 16.4 Å². The molecule has 0 bridgehead atoms. The van der Waals surface area contributed by atoms with E-state index >= 15 is 0 Å². The number of aryl methyl sites for hydroxylation is 1. The fourth-order valence-corrected chi connectivity index (χ4v) is 3.17. The van der Waals surface area contributed by atoms with Crippen LogP contribution in [-0.4, -0.2) is 43.3 Å². The van der Waals surface area contributed by atoms with Crippen LogP contribution in [0.4, 0.5) is 0 Å². The van der Waals surface area contributed by atoms with Crippen LogP contribution in [-0.2, 0) is 0 Å². The van der Waals surface area contributed by atoms with Crippen LogP contribution < -0.4 is 0 Å². The molecule has 8 nitrogen and oxygen atoms in total. The molecule has 4 heterocycles. The number of hydrogen-bond donors (Lipinski definition) is 0. The number of aromatic nitrogens is 5. The molecule has 4 rings (SSSR count). The summed E-state index contributed by atoms with van der Waals surface area (Å²) < 4.78 is 10.8. The third-order valence-corrected chi connectivity index (χ3v) is 4.66. The molecule has 1 fully saturated rings. The molecule has 1 aliphatic heterocycles. The molecule has 0 unspecified atom stereocenters. The van der Waals surface area contributed by atoms with Crippen LogP contribution in [0.2, 0.25) is 0 Å². The van der Waals surface area contributed by atoms with E-state index in [2.05, 4.69) is 37.1 Å². The van der Waals surface area contributed by atoms with Gasteiger partial charge in [0.15, 0.2) is 5.82 Å². The zero-order valence-corrected chi connectivity index (χ0v) is 14.3. The third kappa shape index (κ3) is 3.30. The second kappa shape index (κ2) is 6.72. The highest BCUT2D eigenvalue weighted by Crippen LogP contribution is 2.31. The van der Waals surface area contributed by atoms with E-state index < -0.39 is 0 Å². The first-order valence-corrected chi connectivity index (χ1v) is 8.50. The first kappa shape index (κ1) is 15.9. The Morgan fingerprint density at radius 3 is 2.64 bits per heavy atom. The van der Waals surface area contributed by atoms with E-state index in [1.807, 2.05) is 25.1 Å². The Kier molecular flexibility index (Phi) is 4.27. The van der Waals surface area contributed by atoms with Crippen LogP contribution in [0.5, 0.6) is 0 Å². The molecule has 1 aliphatic rings. The fourth-order valence-electron chi connectivity index (χ4n) is 3.17. The minimum Gasteiger partial charge on any atom is -0.339 e. The normalized spacial score (nSPS) is 17.7. The van der Waals surface area contributed by atoms with Gasteiger partial charge in [-0.05, 0) is 51.9 Å². The zero-order chi connectivity index (χ0) is 17.2. The van der Waals surface area contributed by atoms with Crippen molar-refractivity contribution in [2.45, 2.75) is 38.6 Å². The van der Waals surface area contributed by atoms with Gasteiger partial charge in [-0.15, -0.1) is 0 Å². The lowest BCUT2D eigenvalue weighted by molar-refractivity contribution is 0.128. The van der Waals surface area contributed by atoms with E-state index in [-0.39, 0.29) is 12.0 Å². The predicted octanol–water partition coefficient (Wildman–Crippen LogP) is 2.76. The number of hydrogen-bond acceptors (Lipinski definition) is 8. The van der Waals surface area contributed by atoms with Crippen molar-refractivity contribution in [1.29, 1.82) is 0 Å². The quantitative estimate of drug-likeness (QED) is 0.715. The molecule has 130 valence electrons. The van der Waals surface area contributed by atoms with E-state index in [1.54, 1.807) is 6.20 Å². The molecule has 1 atom stereocenters. The molecule has 8 heteroatoms. The van der Waals surface area contributed by atoms with E-state index in [0.29, 0.717) is 23.4 Å². The SMILES string of the molecule is Cc1noc([C@H](C)N2CCC(c3nc(-c4ccccn4)no3)CC2)n1. The summed E-state index contributed by atoms with van der Waals surface area (Å²) in [5.74, 6) is 2.86. The van der Waals surface area contributed by atoms with Crippen LogP contribution >= 0.6 is 0 Å². The van der Waals surface area contributed by atoms with Gasteiger partial charge in [0, 0.05) is 12.1 Å². The molecule has 25 heavy (non-hydrogen) atoms. The van der Waals surface area contributed by atoms with Gasteiger partial charge in [-0.2, -0.15) is 9.97 Å². The van der Waals surface area contributed by atoms with Gasteiger partial charge >= 0.3 is 0 Å². The van der Waals surface area contributed by atoms with Crippen molar-refractivity contribution >= 4 is 0 Å². The Balaban J connectivity index is 1.40. The lowest BCUT2D eigenvalue weighted by Crippen LogP contribution is -2.35. The summed E-state index contributed by atoms with van der Waals surface area (Å²) in [7, 11) is 0. The summed E-state index contributed by atoms with van der Waals surface area (Å²) in [6.45, 7) is 5.78. The molecule has 0 aliphatic carbocycles. The number of piperidine rings is 1. The minimum absolute atomic E-state index is 0.119. The van der Waals surface area contributed by atoms with Crippen LogP contribution in [0.15, 0.2) is 33.4 Å². The first-order chi connectivity index (χ1) is 12.2. The molecule has 0 radical (unpaired) electrons. The number of rotatable bonds is 4. The highest BCUT2D eigenvalue weighted by Gasteiger charge is 2.29. The molecule has 3 aromatic heterocycles. The molecule has 0 saturated carbocycles. The van der Waals surface area contributed by atoms with Crippen molar-refractivity contribution in [3.63, 3.8) is 0 Å². The third-order valence-electron chi connectivity index (χ3n) is 4.66. The Morgan fingerprint density at radius 1 is 1.12 bits per heavy atom. The van der Waals surface area contributed by atoms with Crippen LogP contribution in [0.25, 0.3) is 11.5 Å². The van der Waals surface area contributed by atoms with Crippen LogP contribution in [0.1, 0.15) is 49.3 Å². The molecular weight excluding hydrogens is 320 g/mol. The standard InChI is InChI=1S/C17H20N6O2/c1-11(16-19-12(2)21-24-16)23-9-6-13(7-10-23)17-20-15(22-25-17)14-5-3-4-8-18-14/h3-5,8,11,13H,6-7,9-10H2,1-2H3/t11-/m0/s1. The van der Waals surface area contributed by atoms with Crippen molar-refractivity contribution in [2.24, 2.45) is 0 Å². The van der Waals surface area contributed by atoms with Crippen molar-refractivity contribution in [1.82, 2.24) is 30.2 Å². The Hall–Kier alpha value is -2.61. The van der Waals surface area contributed by atoms with E-state index in [9.17, 15) is 0 Å². The zero-order valence-electron chi connectivity index (χ0n) is 14.3. The van der Waals surface area contributed by atoms with Crippen molar-refractivity contribution in [3.05, 3.63) is 42.0 Å². The van der Waals surface area contributed by atoms with Gasteiger partial charge < -0.3 is 9.05 Å². The topological polar surface area (TPSA) is 94.0 Å². The van der Waals surface area contributed by atoms with Crippen molar-refractivity contribution in [2.75, 3.05) is 13.1 Å². The van der Waals surface area contributed by atoms with Crippen molar-refractivity contribution in [3.8, 4) is 11.5 Å². The maximum Gasteiger partial charge on any atom is 0.243 e. The summed E-state index contributed by atoms with van der Waals surface area (Å²) in [4.78, 5) is 15.5. The maximum absolute atomic E-state index is 5.48.